The number of rotatable bonds is 4. The lowest BCUT2D eigenvalue weighted by Gasteiger charge is -2.27. The van der Waals surface area contributed by atoms with Crippen LogP contribution < -0.4 is 5.73 Å². The van der Waals surface area contributed by atoms with E-state index in [4.69, 9.17) is 17.3 Å². The molecule has 0 saturated carbocycles. The second kappa shape index (κ2) is 6.22. The van der Waals surface area contributed by atoms with Gasteiger partial charge in [0.25, 0.3) is 0 Å². The molecule has 1 aliphatic heterocycles. The van der Waals surface area contributed by atoms with E-state index in [1.165, 1.54) is 0 Å². The van der Waals surface area contributed by atoms with Crippen molar-refractivity contribution in [3.05, 3.63) is 34.9 Å². The molecule has 6 heteroatoms. The topological polar surface area (TPSA) is 63.4 Å². The Bertz CT molecular complexity index is 519. The standard InChI is InChI=1S/C13H19ClN2O2S/c14-12-3-1-2-11(10-12)13(15)4-5-16-6-8-19(17,18)9-7-16/h1-3,10,13H,4-9,15H2. The molecule has 1 aromatic rings. The maximum Gasteiger partial charge on any atom is 0.152 e. The smallest absolute Gasteiger partial charge is 0.152 e. The number of halogens is 1. The van der Waals surface area contributed by atoms with Crippen LogP contribution in [0.25, 0.3) is 0 Å². The van der Waals surface area contributed by atoms with Crippen LogP contribution in [0.15, 0.2) is 24.3 Å². The van der Waals surface area contributed by atoms with Crippen LogP contribution in [0.4, 0.5) is 0 Å². The van der Waals surface area contributed by atoms with Crippen LogP contribution >= 0.6 is 11.6 Å². The van der Waals surface area contributed by atoms with Gasteiger partial charge in [0.05, 0.1) is 11.5 Å². The molecule has 0 aliphatic carbocycles. The Labute approximate surface area is 119 Å². The number of nitrogens with zero attached hydrogens (tertiary/aromatic N) is 1. The highest BCUT2D eigenvalue weighted by Crippen LogP contribution is 2.19. The molecule has 0 amide bonds. The van der Waals surface area contributed by atoms with Gasteiger partial charge in [0.1, 0.15) is 0 Å². The van der Waals surface area contributed by atoms with Crippen LogP contribution in [-0.2, 0) is 9.84 Å². The third-order valence-electron chi connectivity index (χ3n) is 3.47. The lowest BCUT2D eigenvalue weighted by Crippen LogP contribution is -2.41. The van der Waals surface area contributed by atoms with Gasteiger partial charge < -0.3 is 10.6 Å². The van der Waals surface area contributed by atoms with E-state index in [0.717, 1.165) is 18.5 Å². The minimum Gasteiger partial charge on any atom is -0.324 e. The van der Waals surface area contributed by atoms with Crippen LogP contribution in [0.1, 0.15) is 18.0 Å². The third kappa shape index (κ3) is 4.45. The van der Waals surface area contributed by atoms with E-state index >= 15 is 0 Å². The summed E-state index contributed by atoms with van der Waals surface area (Å²) in [6.07, 6.45) is 0.806. The molecule has 2 N–H and O–H groups in total. The fourth-order valence-corrected chi connectivity index (χ4v) is 3.67. The Morgan fingerprint density at radius 3 is 2.63 bits per heavy atom. The molecule has 0 bridgehead atoms. The third-order valence-corrected chi connectivity index (χ3v) is 5.31. The number of benzene rings is 1. The minimum absolute atomic E-state index is 0.0581. The molecule has 1 unspecified atom stereocenters. The van der Waals surface area contributed by atoms with Crippen molar-refractivity contribution >= 4 is 21.4 Å². The summed E-state index contributed by atoms with van der Waals surface area (Å²) in [5.74, 6) is 0.527. The molecule has 1 aromatic carbocycles. The molecular weight excluding hydrogens is 284 g/mol. The summed E-state index contributed by atoms with van der Waals surface area (Å²) < 4.78 is 22.7. The Morgan fingerprint density at radius 2 is 2.00 bits per heavy atom. The molecule has 1 atom stereocenters. The quantitative estimate of drug-likeness (QED) is 0.914. The summed E-state index contributed by atoms with van der Waals surface area (Å²) >= 11 is 5.94. The van der Waals surface area contributed by atoms with Crippen molar-refractivity contribution in [1.82, 2.24) is 4.90 Å². The van der Waals surface area contributed by atoms with Crippen LogP contribution in [0.5, 0.6) is 0 Å². The molecule has 19 heavy (non-hydrogen) atoms. The van der Waals surface area contributed by atoms with E-state index in [1.54, 1.807) is 0 Å². The van der Waals surface area contributed by atoms with E-state index in [1.807, 2.05) is 24.3 Å². The Hall–Kier alpha value is -0.620. The lowest BCUT2D eigenvalue weighted by molar-refractivity contribution is 0.283. The van der Waals surface area contributed by atoms with Gasteiger partial charge in [0.15, 0.2) is 9.84 Å². The summed E-state index contributed by atoms with van der Waals surface area (Å²) in [5, 5.41) is 0.692. The largest absolute Gasteiger partial charge is 0.324 e. The van der Waals surface area contributed by atoms with Gasteiger partial charge in [0, 0.05) is 30.7 Å². The fourth-order valence-electron chi connectivity index (χ4n) is 2.20. The molecular formula is C13H19ClN2O2S. The van der Waals surface area contributed by atoms with Crippen molar-refractivity contribution < 1.29 is 8.42 Å². The van der Waals surface area contributed by atoms with E-state index in [2.05, 4.69) is 4.90 Å². The Morgan fingerprint density at radius 1 is 1.32 bits per heavy atom. The van der Waals surface area contributed by atoms with Gasteiger partial charge in [0.2, 0.25) is 0 Å². The summed E-state index contributed by atoms with van der Waals surface area (Å²) in [6, 6.07) is 7.51. The van der Waals surface area contributed by atoms with E-state index in [-0.39, 0.29) is 17.5 Å². The van der Waals surface area contributed by atoms with Crippen LogP contribution in [0.3, 0.4) is 0 Å². The SMILES string of the molecule is NC(CCN1CCS(=O)(=O)CC1)c1cccc(Cl)c1. The molecule has 1 fully saturated rings. The molecule has 0 spiro atoms. The molecule has 2 rings (SSSR count). The van der Waals surface area contributed by atoms with E-state index in [9.17, 15) is 8.42 Å². The normalized spacial score (nSPS) is 21.2. The van der Waals surface area contributed by atoms with Gasteiger partial charge in [-0.05, 0) is 24.1 Å². The summed E-state index contributed by atoms with van der Waals surface area (Å²) in [6.45, 7) is 2.05. The molecule has 1 aliphatic rings. The first kappa shape index (κ1) is 14.8. The van der Waals surface area contributed by atoms with Crippen LogP contribution in [0.2, 0.25) is 5.02 Å². The van der Waals surface area contributed by atoms with Crippen molar-refractivity contribution in [3.63, 3.8) is 0 Å². The highest BCUT2D eigenvalue weighted by molar-refractivity contribution is 7.91. The summed E-state index contributed by atoms with van der Waals surface area (Å²) in [4.78, 5) is 2.16. The maximum absolute atomic E-state index is 11.3. The Balaban J connectivity index is 1.83. The predicted molar refractivity (Wildman–Crippen MR) is 78.1 cm³/mol. The van der Waals surface area contributed by atoms with Gasteiger partial charge >= 0.3 is 0 Å². The number of hydrogen-bond donors (Lipinski definition) is 1. The van der Waals surface area contributed by atoms with Crippen molar-refractivity contribution in [2.75, 3.05) is 31.1 Å². The van der Waals surface area contributed by atoms with Crippen molar-refractivity contribution in [2.24, 2.45) is 5.73 Å². The first-order valence-electron chi connectivity index (χ1n) is 6.40. The van der Waals surface area contributed by atoms with E-state index < -0.39 is 9.84 Å². The minimum atomic E-state index is -2.80. The van der Waals surface area contributed by atoms with Gasteiger partial charge in [-0.2, -0.15) is 0 Å². The maximum atomic E-state index is 11.3. The predicted octanol–water partition coefficient (Wildman–Crippen LogP) is 1.46. The number of sulfone groups is 1. The zero-order chi connectivity index (χ0) is 13.9. The van der Waals surface area contributed by atoms with Gasteiger partial charge in [-0.1, -0.05) is 23.7 Å². The van der Waals surface area contributed by atoms with Crippen molar-refractivity contribution in [3.8, 4) is 0 Å². The second-order valence-corrected chi connectivity index (χ2v) is 7.68. The van der Waals surface area contributed by atoms with Crippen LogP contribution in [-0.4, -0.2) is 44.5 Å². The van der Waals surface area contributed by atoms with Crippen molar-refractivity contribution in [1.29, 1.82) is 0 Å². The fraction of sp³-hybridized carbons (Fsp3) is 0.538. The Kier molecular flexibility index (Phi) is 4.84. The molecule has 0 radical (unpaired) electrons. The lowest BCUT2D eigenvalue weighted by atomic mass is 10.0. The highest BCUT2D eigenvalue weighted by atomic mass is 35.5. The number of hydrogen-bond acceptors (Lipinski definition) is 4. The van der Waals surface area contributed by atoms with Crippen LogP contribution in [0, 0.1) is 0 Å². The van der Waals surface area contributed by atoms with E-state index in [0.29, 0.717) is 18.1 Å². The average Bonchev–Trinajstić information content (AvgIpc) is 2.37. The molecule has 4 nitrogen and oxygen atoms in total. The summed E-state index contributed by atoms with van der Waals surface area (Å²) in [7, 11) is -2.80. The summed E-state index contributed by atoms with van der Waals surface area (Å²) in [5.41, 5.74) is 7.16. The van der Waals surface area contributed by atoms with Gasteiger partial charge in [-0.15, -0.1) is 0 Å². The average molecular weight is 303 g/mol. The first-order valence-corrected chi connectivity index (χ1v) is 8.60. The zero-order valence-electron chi connectivity index (χ0n) is 10.8. The van der Waals surface area contributed by atoms with Crippen molar-refractivity contribution in [2.45, 2.75) is 12.5 Å². The molecule has 1 heterocycles. The second-order valence-electron chi connectivity index (χ2n) is 4.94. The highest BCUT2D eigenvalue weighted by Gasteiger charge is 2.21. The van der Waals surface area contributed by atoms with Gasteiger partial charge in [-0.25, -0.2) is 8.42 Å². The zero-order valence-corrected chi connectivity index (χ0v) is 12.3. The first-order chi connectivity index (χ1) is 8.96. The molecule has 0 aromatic heterocycles. The number of nitrogens with two attached hydrogens (primary N) is 1. The molecule has 106 valence electrons. The monoisotopic (exact) mass is 302 g/mol. The molecule has 1 saturated heterocycles. The van der Waals surface area contributed by atoms with Gasteiger partial charge in [-0.3, -0.25) is 0 Å².